The van der Waals surface area contributed by atoms with E-state index in [0.29, 0.717) is 12.5 Å². The van der Waals surface area contributed by atoms with Crippen molar-refractivity contribution < 1.29 is 9.90 Å². The molecule has 0 radical (unpaired) electrons. The average molecular weight is 318 g/mol. The van der Waals surface area contributed by atoms with Crippen molar-refractivity contribution >= 4 is 17.4 Å². The van der Waals surface area contributed by atoms with E-state index in [9.17, 15) is 9.90 Å². The van der Waals surface area contributed by atoms with E-state index in [-0.39, 0.29) is 12.6 Å². The van der Waals surface area contributed by atoms with Crippen molar-refractivity contribution in [2.45, 2.75) is 25.4 Å². The number of aliphatic hydroxyl groups is 1. The molecule has 2 rings (SSSR count). The minimum atomic E-state index is -0.659. The van der Waals surface area contributed by atoms with Crippen LogP contribution in [-0.4, -0.2) is 24.2 Å². The second kappa shape index (κ2) is 8.56. The van der Waals surface area contributed by atoms with Gasteiger partial charge in [0.15, 0.2) is 0 Å². The second-order valence-corrected chi connectivity index (χ2v) is 5.96. The van der Waals surface area contributed by atoms with Crippen LogP contribution in [-0.2, 0) is 0 Å². The van der Waals surface area contributed by atoms with Gasteiger partial charge in [-0.1, -0.05) is 37.3 Å². The largest absolute Gasteiger partial charge is 0.387 e. The first-order chi connectivity index (χ1) is 10.7. The molecule has 0 fully saturated rings. The van der Waals surface area contributed by atoms with Crippen LogP contribution < -0.4 is 10.6 Å². The molecule has 3 N–H and O–H groups in total. The van der Waals surface area contributed by atoms with Crippen LogP contribution in [0.4, 0.5) is 4.79 Å². The van der Waals surface area contributed by atoms with Gasteiger partial charge in [0.25, 0.3) is 0 Å². The highest BCUT2D eigenvalue weighted by Gasteiger charge is 2.12. The number of carbonyl (C=O) groups is 1. The van der Waals surface area contributed by atoms with Gasteiger partial charge in [-0.2, -0.15) is 11.3 Å². The van der Waals surface area contributed by atoms with Crippen LogP contribution in [0.2, 0.25) is 0 Å². The van der Waals surface area contributed by atoms with Gasteiger partial charge in [0.2, 0.25) is 0 Å². The Labute approximate surface area is 135 Å². The molecule has 5 heteroatoms. The number of hydrogen-bond acceptors (Lipinski definition) is 3. The van der Waals surface area contributed by atoms with Gasteiger partial charge < -0.3 is 15.7 Å². The van der Waals surface area contributed by atoms with Crippen molar-refractivity contribution in [2.24, 2.45) is 0 Å². The average Bonchev–Trinajstić information content (AvgIpc) is 3.09. The van der Waals surface area contributed by atoms with E-state index < -0.39 is 6.10 Å². The van der Waals surface area contributed by atoms with Gasteiger partial charge in [-0.25, -0.2) is 4.79 Å². The first kappa shape index (κ1) is 16.5. The molecular weight excluding hydrogens is 296 g/mol. The van der Waals surface area contributed by atoms with E-state index in [1.54, 1.807) is 0 Å². The Kier molecular flexibility index (Phi) is 6.43. The van der Waals surface area contributed by atoms with Crippen LogP contribution in [0.5, 0.6) is 0 Å². The molecule has 0 aliphatic carbocycles. The molecule has 1 aromatic carbocycles. The summed E-state index contributed by atoms with van der Waals surface area (Å²) in [6, 6.07) is 11.8. The topological polar surface area (TPSA) is 61.4 Å². The quantitative estimate of drug-likeness (QED) is 0.734. The highest BCUT2D eigenvalue weighted by Crippen LogP contribution is 2.18. The Morgan fingerprint density at radius 3 is 2.50 bits per heavy atom. The fraction of sp³-hybridized carbons (Fsp3) is 0.353. The molecule has 0 bridgehead atoms. The molecule has 118 valence electrons. The van der Waals surface area contributed by atoms with Crippen LogP contribution in [0.1, 0.15) is 36.5 Å². The van der Waals surface area contributed by atoms with Crippen molar-refractivity contribution in [2.75, 3.05) is 13.1 Å². The molecule has 2 aromatic rings. The smallest absolute Gasteiger partial charge is 0.314 e. The zero-order valence-electron chi connectivity index (χ0n) is 12.7. The molecule has 2 unspecified atom stereocenters. The third-order valence-electron chi connectivity index (χ3n) is 3.66. The molecule has 22 heavy (non-hydrogen) atoms. The van der Waals surface area contributed by atoms with E-state index in [2.05, 4.69) is 29.7 Å². The Morgan fingerprint density at radius 1 is 1.14 bits per heavy atom. The van der Waals surface area contributed by atoms with Gasteiger partial charge in [-0.15, -0.1) is 0 Å². The third kappa shape index (κ3) is 4.86. The maximum absolute atomic E-state index is 11.8. The van der Waals surface area contributed by atoms with Crippen molar-refractivity contribution in [3.8, 4) is 0 Å². The Bertz CT molecular complexity index is 557. The molecule has 2 atom stereocenters. The Morgan fingerprint density at radius 2 is 1.86 bits per heavy atom. The van der Waals surface area contributed by atoms with E-state index in [1.807, 2.05) is 35.0 Å². The number of rotatable bonds is 7. The number of carbonyl (C=O) groups excluding carboxylic acids is 1. The van der Waals surface area contributed by atoms with Crippen molar-refractivity contribution in [3.05, 3.63) is 58.3 Å². The monoisotopic (exact) mass is 318 g/mol. The fourth-order valence-electron chi connectivity index (χ4n) is 2.27. The molecule has 4 nitrogen and oxygen atoms in total. The molecule has 0 spiro atoms. The van der Waals surface area contributed by atoms with E-state index in [1.165, 1.54) is 16.9 Å². The fourth-order valence-corrected chi connectivity index (χ4v) is 2.98. The molecule has 1 aromatic heterocycles. The van der Waals surface area contributed by atoms with Crippen LogP contribution in [0.25, 0.3) is 0 Å². The van der Waals surface area contributed by atoms with Gasteiger partial charge in [0.05, 0.1) is 6.10 Å². The lowest BCUT2D eigenvalue weighted by Gasteiger charge is -2.17. The molecule has 0 saturated heterocycles. The van der Waals surface area contributed by atoms with Crippen LogP contribution in [0, 0.1) is 0 Å². The van der Waals surface area contributed by atoms with Crippen LogP contribution in [0.3, 0.4) is 0 Å². The lowest BCUT2D eigenvalue weighted by molar-refractivity contribution is 0.173. The van der Waals surface area contributed by atoms with Gasteiger partial charge in [-0.05, 0) is 34.4 Å². The highest BCUT2D eigenvalue weighted by atomic mass is 32.1. The van der Waals surface area contributed by atoms with E-state index in [0.717, 1.165) is 12.0 Å². The van der Waals surface area contributed by atoms with Gasteiger partial charge >= 0.3 is 6.03 Å². The molecule has 0 saturated carbocycles. The maximum atomic E-state index is 11.8. The number of benzene rings is 1. The summed E-state index contributed by atoms with van der Waals surface area (Å²) in [5.41, 5.74) is 2.06. The zero-order chi connectivity index (χ0) is 15.8. The minimum absolute atomic E-state index is 0.213. The maximum Gasteiger partial charge on any atom is 0.314 e. The molecular formula is C17H22N2O2S. The van der Waals surface area contributed by atoms with Crippen molar-refractivity contribution in [3.63, 3.8) is 0 Å². The SMILES string of the molecule is CCC(CNC(=O)NCC(O)c1ccsc1)c1ccccc1. The number of urea groups is 1. The summed E-state index contributed by atoms with van der Waals surface area (Å²) >= 11 is 1.53. The van der Waals surface area contributed by atoms with Gasteiger partial charge in [0.1, 0.15) is 0 Å². The first-order valence-electron chi connectivity index (χ1n) is 7.47. The van der Waals surface area contributed by atoms with Crippen LogP contribution in [0.15, 0.2) is 47.2 Å². The summed E-state index contributed by atoms with van der Waals surface area (Å²) in [7, 11) is 0. The van der Waals surface area contributed by atoms with E-state index in [4.69, 9.17) is 0 Å². The summed E-state index contributed by atoms with van der Waals surface area (Å²) < 4.78 is 0. The summed E-state index contributed by atoms with van der Waals surface area (Å²) in [5, 5.41) is 19.3. The van der Waals surface area contributed by atoms with Gasteiger partial charge in [0, 0.05) is 19.0 Å². The van der Waals surface area contributed by atoms with E-state index >= 15 is 0 Å². The summed E-state index contributed by atoms with van der Waals surface area (Å²) in [6.45, 7) is 2.91. The first-order valence-corrected chi connectivity index (χ1v) is 8.41. The molecule has 0 aliphatic heterocycles. The highest BCUT2D eigenvalue weighted by molar-refractivity contribution is 7.07. The molecule has 0 aliphatic rings. The lowest BCUT2D eigenvalue weighted by atomic mass is 9.97. The molecule has 1 heterocycles. The standard InChI is InChI=1S/C17H22N2O2S/c1-2-13(14-6-4-3-5-7-14)10-18-17(21)19-11-16(20)15-8-9-22-12-15/h3-9,12-13,16,20H,2,10-11H2,1H3,(H2,18,19,21). The third-order valence-corrected chi connectivity index (χ3v) is 4.36. The number of thiophene rings is 1. The summed E-state index contributed by atoms with van der Waals surface area (Å²) in [6.07, 6.45) is 0.301. The predicted octanol–water partition coefficient (Wildman–Crippen LogP) is 3.27. The normalized spacial score (nSPS) is 13.4. The number of nitrogens with one attached hydrogen (secondary N) is 2. The zero-order valence-corrected chi connectivity index (χ0v) is 13.5. The van der Waals surface area contributed by atoms with Crippen molar-refractivity contribution in [1.82, 2.24) is 10.6 Å². The number of hydrogen-bond donors (Lipinski definition) is 3. The Balaban J connectivity index is 1.75. The Hall–Kier alpha value is -1.85. The minimum Gasteiger partial charge on any atom is -0.387 e. The second-order valence-electron chi connectivity index (χ2n) is 5.18. The lowest BCUT2D eigenvalue weighted by Crippen LogP contribution is -2.39. The van der Waals surface area contributed by atoms with Gasteiger partial charge in [-0.3, -0.25) is 0 Å². The summed E-state index contributed by atoms with van der Waals surface area (Å²) in [4.78, 5) is 11.8. The van der Waals surface area contributed by atoms with Crippen LogP contribution >= 0.6 is 11.3 Å². The predicted molar refractivity (Wildman–Crippen MR) is 90.2 cm³/mol. The summed E-state index contributed by atoms with van der Waals surface area (Å²) in [5.74, 6) is 0.300. The number of amides is 2. The number of aliphatic hydroxyl groups excluding tert-OH is 1. The molecule has 2 amide bonds. The van der Waals surface area contributed by atoms with Crippen molar-refractivity contribution in [1.29, 1.82) is 0 Å².